The van der Waals surface area contributed by atoms with Crippen molar-refractivity contribution in [2.24, 2.45) is 5.92 Å². The monoisotopic (exact) mass is 466 g/mol. The van der Waals surface area contributed by atoms with Crippen molar-refractivity contribution < 1.29 is 14.6 Å². The van der Waals surface area contributed by atoms with Crippen LogP contribution in [0.5, 0.6) is 0 Å². The summed E-state index contributed by atoms with van der Waals surface area (Å²) in [5, 5.41) is 18.4. The van der Waals surface area contributed by atoms with Crippen molar-refractivity contribution in [1.82, 2.24) is 10.6 Å². The number of carbonyl (C=O) groups excluding carboxylic acids is 1. The number of methoxy groups -OCH3 is 1. The van der Waals surface area contributed by atoms with Gasteiger partial charge in [0.05, 0.1) is 0 Å². The molecule has 1 aliphatic carbocycles. The third kappa shape index (κ3) is 7.39. The number of likely N-dealkylation sites (N-methyl/N-ethyl adjacent to an activating group) is 1. The molecule has 0 spiro atoms. The van der Waals surface area contributed by atoms with Gasteiger partial charge in [-0.05, 0) is 61.9 Å². The SMILES string of the molecule is CNC[C@H](CC1CCCCC1)NC(=O)c1cccc([C@@](O)(CCCCOC)c2ccccc2)c1. The molecule has 0 heterocycles. The number of amides is 1. The van der Waals surface area contributed by atoms with E-state index in [9.17, 15) is 9.90 Å². The number of hydrogen-bond acceptors (Lipinski definition) is 4. The van der Waals surface area contributed by atoms with Crippen LogP contribution in [0.2, 0.25) is 0 Å². The van der Waals surface area contributed by atoms with Crippen LogP contribution in [-0.2, 0) is 10.3 Å². The summed E-state index contributed by atoms with van der Waals surface area (Å²) in [6.07, 6.45) is 9.74. The molecule has 3 N–H and O–H groups in total. The number of ether oxygens (including phenoxy) is 1. The van der Waals surface area contributed by atoms with Crippen molar-refractivity contribution in [3.05, 3.63) is 71.3 Å². The molecule has 0 aliphatic heterocycles. The molecular formula is C29H42N2O3. The number of carbonyl (C=O) groups is 1. The number of hydrogen-bond donors (Lipinski definition) is 3. The summed E-state index contributed by atoms with van der Waals surface area (Å²) in [6, 6.07) is 17.3. The molecule has 2 aromatic rings. The maximum atomic E-state index is 13.2. The molecule has 1 amide bonds. The van der Waals surface area contributed by atoms with Crippen molar-refractivity contribution >= 4 is 5.91 Å². The van der Waals surface area contributed by atoms with E-state index < -0.39 is 5.60 Å². The summed E-state index contributed by atoms with van der Waals surface area (Å²) in [5.74, 6) is 0.613. The van der Waals surface area contributed by atoms with Gasteiger partial charge in [-0.25, -0.2) is 0 Å². The van der Waals surface area contributed by atoms with Gasteiger partial charge in [-0.3, -0.25) is 4.79 Å². The predicted molar refractivity (Wildman–Crippen MR) is 138 cm³/mol. The average Bonchev–Trinajstić information content (AvgIpc) is 2.88. The Morgan fingerprint density at radius 1 is 1.06 bits per heavy atom. The van der Waals surface area contributed by atoms with E-state index in [0.717, 1.165) is 36.9 Å². The van der Waals surface area contributed by atoms with Gasteiger partial charge in [0.25, 0.3) is 5.91 Å². The van der Waals surface area contributed by atoms with Crippen LogP contribution in [0.1, 0.15) is 79.3 Å². The lowest BCUT2D eigenvalue weighted by Gasteiger charge is -2.30. The quantitative estimate of drug-likeness (QED) is 0.362. The fraction of sp³-hybridized carbons (Fsp3) is 0.552. The van der Waals surface area contributed by atoms with Crippen LogP contribution in [0, 0.1) is 5.92 Å². The van der Waals surface area contributed by atoms with Crippen molar-refractivity contribution in [1.29, 1.82) is 0 Å². The lowest BCUT2D eigenvalue weighted by atomic mass is 9.81. The minimum Gasteiger partial charge on any atom is -0.385 e. The molecule has 3 rings (SSSR count). The molecule has 2 aromatic carbocycles. The molecule has 0 aromatic heterocycles. The van der Waals surface area contributed by atoms with Gasteiger partial charge in [-0.1, -0.05) is 74.6 Å². The molecule has 0 unspecified atom stereocenters. The first-order chi connectivity index (χ1) is 16.6. The van der Waals surface area contributed by atoms with Crippen molar-refractivity contribution in [2.45, 2.75) is 69.4 Å². The average molecular weight is 467 g/mol. The highest BCUT2D eigenvalue weighted by molar-refractivity contribution is 5.94. The standard InChI is InChI=1S/C29H42N2O3/c1-30-22-27(20-23-12-5-3-6-13-23)31-28(32)24-14-11-17-26(21-24)29(33,18-9-10-19-34-2)25-15-7-4-8-16-25/h4,7-8,11,14-17,21,23,27,30,33H,3,5-6,9-10,12-13,18-20,22H2,1-2H3,(H,31,32)/t27-,29+/m0/s1. The first-order valence-corrected chi connectivity index (χ1v) is 12.9. The second-order valence-electron chi connectivity index (χ2n) is 9.72. The summed E-state index contributed by atoms with van der Waals surface area (Å²) in [6.45, 7) is 1.43. The van der Waals surface area contributed by atoms with E-state index in [1.165, 1.54) is 32.1 Å². The molecule has 2 atom stereocenters. The van der Waals surface area contributed by atoms with Gasteiger partial charge in [-0.2, -0.15) is 0 Å². The van der Waals surface area contributed by atoms with Gasteiger partial charge in [0, 0.05) is 31.9 Å². The highest BCUT2D eigenvalue weighted by atomic mass is 16.5. The summed E-state index contributed by atoms with van der Waals surface area (Å²) in [4.78, 5) is 13.2. The molecule has 1 saturated carbocycles. The van der Waals surface area contributed by atoms with Crippen LogP contribution in [0.3, 0.4) is 0 Å². The van der Waals surface area contributed by atoms with Crippen LogP contribution >= 0.6 is 0 Å². The van der Waals surface area contributed by atoms with Crippen LogP contribution in [0.25, 0.3) is 0 Å². The Balaban J connectivity index is 1.77. The van der Waals surface area contributed by atoms with Crippen LogP contribution in [0.15, 0.2) is 54.6 Å². The second kappa shape index (κ2) is 13.6. The summed E-state index contributed by atoms with van der Waals surface area (Å²) >= 11 is 0. The fourth-order valence-electron chi connectivity index (χ4n) is 5.25. The Morgan fingerprint density at radius 3 is 2.50 bits per heavy atom. The van der Waals surface area contributed by atoms with Gasteiger partial charge < -0.3 is 20.5 Å². The van der Waals surface area contributed by atoms with E-state index in [1.807, 2.05) is 61.6 Å². The number of benzene rings is 2. The van der Waals surface area contributed by atoms with Crippen molar-refractivity contribution in [3.63, 3.8) is 0 Å². The van der Waals surface area contributed by atoms with E-state index in [-0.39, 0.29) is 11.9 Å². The van der Waals surface area contributed by atoms with E-state index >= 15 is 0 Å². The van der Waals surface area contributed by atoms with E-state index in [2.05, 4.69) is 10.6 Å². The zero-order valence-electron chi connectivity index (χ0n) is 20.9. The number of aliphatic hydroxyl groups is 1. The number of unbranched alkanes of at least 4 members (excludes halogenated alkanes) is 1. The molecule has 5 heteroatoms. The minimum atomic E-state index is -1.15. The number of rotatable bonds is 13. The van der Waals surface area contributed by atoms with E-state index in [4.69, 9.17) is 4.74 Å². The first-order valence-electron chi connectivity index (χ1n) is 12.9. The summed E-state index contributed by atoms with van der Waals surface area (Å²) < 4.78 is 5.19. The van der Waals surface area contributed by atoms with E-state index in [0.29, 0.717) is 24.5 Å². The van der Waals surface area contributed by atoms with Gasteiger partial charge in [0.15, 0.2) is 0 Å². The smallest absolute Gasteiger partial charge is 0.251 e. The number of nitrogens with one attached hydrogen (secondary N) is 2. The Kier molecular flexibility index (Phi) is 10.6. The van der Waals surface area contributed by atoms with Gasteiger partial charge in [0.2, 0.25) is 0 Å². The first kappa shape index (κ1) is 26.4. The minimum absolute atomic E-state index is 0.0762. The molecule has 0 saturated heterocycles. The highest BCUT2D eigenvalue weighted by Crippen LogP contribution is 2.35. The fourth-order valence-corrected chi connectivity index (χ4v) is 5.25. The summed E-state index contributed by atoms with van der Waals surface area (Å²) in [5.41, 5.74) is 1.03. The molecule has 0 bridgehead atoms. The Bertz CT molecular complexity index is 867. The lowest BCUT2D eigenvalue weighted by Crippen LogP contribution is -2.42. The zero-order valence-corrected chi connectivity index (χ0v) is 20.9. The zero-order chi connectivity index (χ0) is 24.2. The van der Waals surface area contributed by atoms with Gasteiger partial charge in [0.1, 0.15) is 5.60 Å². The molecule has 34 heavy (non-hydrogen) atoms. The highest BCUT2D eigenvalue weighted by Gasteiger charge is 2.31. The topological polar surface area (TPSA) is 70.6 Å². The molecule has 186 valence electrons. The van der Waals surface area contributed by atoms with Crippen LogP contribution in [0.4, 0.5) is 0 Å². The van der Waals surface area contributed by atoms with Crippen LogP contribution in [-0.4, -0.2) is 44.4 Å². The maximum Gasteiger partial charge on any atom is 0.251 e. The molecule has 5 nitrogen and oxygen atoms in total. The van der Waals surface area contributed by atoms with Crippen molar-refractivity contribution in [3.8, 4) is 0 Å². The van der Waals surface area contributed by atoms with E-state index in [1.54, 1.807) is 7.11 Å². The second-order valence-corrected chi connectivity index (χ2v) is 9.72. The summed E-state index contributed by atoms with van der Waals surface area (Å²) in [7, 11) is 3.63. The Hall–Kier alpha value is -2.21. The normalized spacial score (nSPS) is 17.1. The van der Waals surface area contributed by atoms with Gasteiger partial charge in [-0.15, -0.1) is 0 Å². The lowest BCUT2D eigenvalue weighted by molar-refractivity contribution is 0.0650. The molecule has 1 aliphatic rings. The third-order valence-electron chi connectivity index (χ3n) is 7.12. The largest absolute Gasteiger partial charge is 0.385 e. The van der Waals surface area contributed by atoms with Crippen molar-refractivity contribution in [2.75, 3.05) is 27.3 Å². The predicted octanol–water partition coefficient (Wildman–Crippen LogP) is 5.03. The molecule has 0 radical (unpaired) electrons. The van der Waals surface area contributed by atoms with Gasteiger partial charge >= 0.3 is 0 Å². The maximum absolute atomic E-state index is 13.2. The molecule has 1 fully saturated rings. The third-order valence-corrected chi connectivity index (χ3v) is 7.12. The Labute approximate surface area is 205 Å². The Morgan fingerprint density at radius 2 is 1.79 bits per heavy atom. The van der Waals surface area contributed by atoms with Crippen LogP contribution < -0.4 is 10.6 Å². The molecular weight excluding hydrogens is 424 g/mol.